The smallest absolute Gasteiger partial charge is 0.422 e. The largest absolute Gasteiger partial charge is 0.440 e. The summed E-state index contributed by atoms with van der Waals surface area (Å²) in [5, 5.41) is 6.09. The predicted molar refractivity (Wildman–Crippen MR) is 71.4 cm³/mol. The molecule has 0 aliphatic carbocycles. The number of carbonyl (C=O) groups is 2. The number of halogens is 3. The van der Waals surface area contributed by atoms with Gasteiger partial charge in [0.05, 0.1) is 5.71 Å². The zero-order valence-electron chi connectivity index (χ0n) is 11.2. The lowest BCUT2D eigenvalue weighted by Gasteiger charge is -2.13. The van der Waals surface area contributed by atoms with Crippen molar-refractivity contribution in [3.63, 3.8) is 0 Å². The molecule has 0 atom stereocenters. The van der Waals surface area contributed by atoms with E-state index in [1.807, 2.05) is 0 Å². The van der Waals surface area contributed by atoms with E-state index in [9.17, 15) is 22.8 Å². The number of benzene rings is 1. The van der Waals surface area contributed by atoms with Gasteiger partial charge in [-0.3, -0.25) is 10.1 Å². The Labute approximate surface area is 123 Å². The normalized spacial score (nSPS) is 14.9. The second-order valence-corrected chi connectivity index (χ2v) is 4.49. The molecule has 1 heterocycles. The van der Waals surface area contributed by atoms with E-state index in [0.717, 1.165) is 5.56 Å². The van der Waals surface area contributed by atoms with E-state index < -0.39 is 18.9 Å². The molecular formula is C13H12F3N3O3. The Hall–Kier alpha value is -2.58. The fraction of sp³-hybridized carbons (Fsp3) is 0.308. The lowest BCUT2D eigenvalue weighted by atomic mass is 10.0. The lowest BCUT2D eigenvalue weighted by molar-refractivity contribution is -0.159. The maximum atomic E-state index is 11.9. The maximum Gasteiger partial charge on any atom is 0.422 e. The molecule has 0 spiro atoms. The molecule has 1 aliphatic rings. The van der Waals surface area contributed by atoms with Crippen LogP contribution in [0.3, 0.4) is 0 Å². The highest BCUT2D eigenvalue weighted by molar-refractivity contribution is 6.04. The molecule has 0 bridgehead atoms. The highest BCUT2D eigenvalue weighted by atomic mass is 19.4. The van der Waals surface area contributed by atoms with Crippen molar-refractivity contribution in [2.24, 2.45) is 5.10 Å². The number of nitrogens with one attached hydrogen (secondary N) is 2. The first-order valence-corrected chi connectivity index (χ1v) is 6.30. The van der Waals surface area contributed by atoms with Crippen LogP contribution in [0.25, 0.3) is 0 Å². The van der Waals surface area contributed by atoms with Crippen LogP contribution in [0.4, 0.5) is 23.7 Å². The van der Waals surface area contributed by atoms with Gasteiger partial charge in [0.15, 0.2) is 6.61 Å². The monoisotopic (exact) mass is 315 g/mol. The molecular weight excluding hydrogens is 303 g/mol. The molecule has 1 aromatic rings. The molecule has 1 aliphatic heterocycles. The molecule has 9 heteroatoms. The van der Waals surface area contributed by atoms with E-state index >= 15 is 0 Å². The molecule has 22 heavy (non-hydrogen) atoms. The third kappa shape index (κ3) is 4.76. The summed E-state index contributed by atoms with van der Waals surface area (Å²) in [6.45, 7) is -1.65. The number of anilines is 1. The minimum Gasteiger partial charge on any atom is -0.440 e. The first kappa shape index (κ1) is 15.8. The average molecular weight is 315 g/mol. The molecule has 0 saturated heterocycles. The van der Waals surface area contributed by atoms with Crippen LogP contribution >= 0.6 is 0 Å². The molecule has 118 valence electrons. The number of hydrazone groups is 1. The number of amides is 2. The molecule has 1 aromatic carbocycles. The van der Waals surface area contributed by atoms with Crippen LogP contribution in [0.15, 0.2) is 29.4 Å². The van der Waals surface area contributed by atoms with Gasteiger partial charge in [-0.2, -0.15) is 18.3 Å². The molecule has 2 N–H and O–H groups in total. The summed E-state index contributed by atoms with van der Waals surface area (Å²) in [5.41, 5.74) is 4.08. The zero-order chi connectivity index (χ0) is 16.2. The Morgan fingerprint density at radius 2 is 1.95 bits per heavy atom. The second-order valence-electron chi connectivity index (χ2n) is 4.49. The molecule has 0 radical (unpaired) electrons. The van der Waals surface area contributed by atoms with Gasteiger partial charge < -0.3 is 4.74 Å². The van der Waals surface area contributed by atoms with E-state index in [4.69, 9.17) is 0 Å². The third-order valence-electron chi connectivity index (χ3n) is 2.74. The number of alkyl halides is 3. The molecule has 2 rings (SSSR count). The fourth-order valence-corrected chi connectivity index (χ4v) is 1.73. The first-order chi connectivity index (χ1) is 10.3. The van der Waals surface area contributed by atoms with Gasteiger partial charge >= 0.3 is 12.3 Å². The van der Waals surface area contributed by atoms with Crippen molar-refractivity contribution in [2.75, 3.05) is 11.9 Å². The minimum absolute atomic E-state index is 0.158. The van der Waals surface area contributed by atoms with Crippen LogP contribution in [-0.2, 0) is 9.53 Å². The van der Waals surface area contributed by atoms with Gasteiger partial charge in [-0.05, 0) is 17.7 Å². The molecule has 2 amide bonds. The van der Waals surface area contributed by atoms with Crippen molar-refractivity contribution in [1.82, 2.24) is 5.43 Å². The Balaban J connectivity index is 1.92. The second kappa shape index (κ2) is 6.46. The van der Waals surface area contributed by atoms with Crippen LogP contribution in [0.5, 0.6) is 0 Å². The Bertz CT molecular complexity index is 597. The summed E-state index contributed by atoms with van der Waals surface area (Å²) < 4.78 is 39.7. The number of carbonyl (C=O) groups excluding carboxylic acids is 2. The standard InChI is InChI=1S/C13H12F3N3O3/c14-13(15,16)7-22-12(21)17-9-3-1-8(2-4-9)10-5-6-11(20)19-18-10/h1-4H,5-7H2,(H,17,21)(H,19,20). The third-order valence-corrected chi connectivity index (χ3v) is 2.74. The van der Waals surface area contributed by atoms with Crippen LogP contribution in [0, 0.1) is 0 Å². The number of hydrogen-bond donors (Lipinski definition) is 2. The van der Waals surface area contributed by atoms with E-state index in [1.54, 1.807) is 12.1 Å². The first-order valence-electron chi connectivity index (χ1n) is 6.30. The summed E-state index contributed by atoms with van der Waals surface area (Å²) in [6, 6.07) is 6.28. The quantitative estimate of drug-likeness (QED) is 0.899. The van der Waals surface area contributed by atoms with Gasteiger partial charge in [-0.1, -0.05) is 12.1 Å². The van der Waals surface area contributed by atoms with Crippen molar-refractivity contribution < 1.29 is 27.5 Å². The zero-order valence-corrected chi connectivity index (χ0v) is 11.2. The van der Waals surface area contributed by atoms with Gasteiger partial charge in [0.2, 0.25) is 5.91 Å². The Morgan fingerprint density at radius 3 is 2.50 bits per heavy atom. The fourth-order valence-electron chi connectivity index (χ4n) is 1.73. The summed E-state index contributed by atoms with van der Waals surface area (Å²) in [6.07, 6.45) is -4.92. The van der Waals surface area contributed by atoms with Gasteiger partial charge in [0.1, 0.15) is 0 Å². The number of nitrogens with zero attached hydrogens (tertiary/aromatic N) is 1. The highest BCUT2D eigenvalue weighted by Crippen LogP contribution is 2.16. The average Bonchev–Trinajstić information content (AvgIpc) is 2.46. The SMILES string of the molecule is O=C1CCC(c2ccc(NC(=O)OCC(F)(F)F)cc2)=NN1. The van der Waals surface area contributed by atoms with E-state index in [2.05, 4.69) is 20.6 Å². The minimum atomic E-state index is -4.56. The van der Waals surface area contributed by atoms with Crippen LogP contribution in [0.1, 0.15) is 18.4 Å². The van der Waals surface area contributed by atoms with Gasteiger partial charge in [-0.25, -0.2) is 10.2 Å². The lowest BCUT2D eigenvalue weighted by Crippen LogP contribution is -2.26. The Kier molecular flexibility index (Phi) is 4.64. The maximum absolute atomic E-state index is 11.9. The Morgan fingerprint density at radius 1 is 1.27 bits per heavy atom. The highest BCUT2D eigenvalue weighted by Gasteiger charge is 2.29. The van der Waals surface area contributed by atoms with Crippen LogP contribution in [0.2, 0.25) is 0 Å². The number of hydrogen-bond acceptors (Lipinski definition) is 4. The van der Waals surface area contributed by atoms with E-state index in [0.29, 0.717) is 18.6 Å². The number of rotatable bonds is 3. The van der Waals surface area contributed by atoms with Crippen molar-refractivity contribution >= 4 is 23.4 Å². The summed E-state index contributed by atoms with van der Waals surface area (Å²) in [4.78, 5) is 22.2. The van der Waals surface area contributed by atoms with Gasteiger partial charge in [-0.15, -0.1) is 0 Å². The molecule has 0 aromatic heterocycles. The summed E-state index contributed by atoms with van der Waals surface area (Å²) in [5.74, 6) is -0.158. The molecule has 0 unspecified atom stereocenters. The van der Waals surface area contributed by atoms with E-state index in [1.165, 1.54) is 12.1 Å². The topological polar surface area (TPSA) is 79.8 Å². The summed E-state index contributed by atoms with van der Waals surface area (Å²) in [7, 11) is 0. The van der Waals surface area contributed by atoms with E-state index in [-0.39, 0.29) is 11.6 Å². The van der Waals surface area contributed by atoms with Gasteiger partial charge in [0, 0.05) is 18.5 Å². The van der Waals surface area contributed by atoms with Crippen LogP contribution < -0.4 is 10.7 Å². The summed E-state index contributed by atoms with van der Waals surface area (Å²) >= 11 is 0. The van der Waals surface area contributed by atoms with Crippen molar-refractivity contribution in [1.29, 1.82) is 0 Å². The van der Waals surface area contributed by atoms with Crippen molar-refractivity contribution in [3.8, 4) is 0 Å². The molecule has 6 nitrogen and oxygen atoms in total. The van der Waals surface area contributed by atoms with Crippen molar-refractivity contribution in [3.05, 3.63) is 29.8 Å². The predicted octanol–water partition coefficient (Wildman–Crippen LogP) is 2.41. The molecule has 0 saturated carbocycles. The van der Waals surface area contributed by atoms with Gasteiger partial charge in [0.25, 0.3) is 0 Å². The van der Waals surface area contributed by atoms with Crippen LogP contribution in [-0.4, -0.2) is 30.5 Å². The van der Waals surface area contributed by atoms with Crippen molar-refractivity contribution in [2.45, 2.75) is 19.0 Å². The number of ether oxygens (including phenoxy) is 1. The molecule has 0 fully saturated rings.